The number of rotatable bonds is 4. The zero-order valence-electron chi connectivity index (χ0n) is 11.1. The Morgan fingerprint density at radius 1 is 1.22 bits per heavy atom. The van der Waals surface area contributed by atoms with Crippen molar-refractivity contribution in [3.8, 4) is 0 Å². The van der Waals surface area contributed by atoms with E-state index in [0.717, 1.165) is 23.4 Å². The van der Waals surface area contributed by atoms with Gasteiger partial charge in [0.1, 0.15) is 5.82 Å². The molecule has 0 aliphatic heterocycles. The van der Waals surface area contributed by atoms with E-state index in [4.69, 9.17) is 0 Å². The van der Waals surface area contributed by atoms with E-state index >= 15 is 0 Å². The molecule has 0 aliphatic rings. The van der Waals surface area contributed by atoms with Crippen molar-refractivity contribution in [1.82, 2.24) is 9.97 Å². The molecule has 0 saturated heterocycles. The summed E-state index contributed by atoms with van der Waals surface area (Å²) in [7, 11) is 0. The lowest BCUT2D eigenvalue weighted by atomic mass is 10.1. The van der Waals surface area contributed by atoms with E-state index in [1.54, 1.807) is 20.0 Å². The fourth-order valence-electron chi connectivity index (χ4n) is 1.92. The van der Waals surface area contributed by atoms with Crippen molar-refractivity contribution >= 4 is 16.9 Å². The second-order valence-electron chi connectivity index (χ2n) is 5.04. The topological polar surface area (TPSA) is 49.2 Å². The number of likely N-dealkylation sites (N-methyl/N-ethyl adjacent to an activating group) is 1. The molecule has 1 N–H and O–H groups in total. The molecule has 1 heterocycles. The Balaban J connectivity index is 2.33. The van der Waals surface area contributed by atoms with Crippen molar-refractivity contribution in [3.05, 3.63) is 30.5 Å². The molecule has 0 aliphatic carbocycles. The van der Waals surface area contributed by atoms with Gasteiger partial charge in [-0.15, -0.1) is 0 Å². The normalized spacial score (nSPS) is 11.8. The van der Waals surface area contributed by atoms with E-state index < -0.39 is 5.60 Å². The average molecular weight is 245 g/mol. The highest BCUT2D eigenvalue weighted by Crippen LogP contribution is 2.17. The molecule has 0 amide bonds. The number of fused-ring (bicyclic) bond motifs is 1. The molecule has 1 aromatic carbocycles. The van der Waals surface area contributed by atoms with Gasteiger partial charge in [0.2, 0.25) is 0 Å². The van der Waals surface area contributed by atoms with E-state index in [1.807, 2.05) is 36.1 Å². The lowest BCUT2D eigenvalue weighted by Gasteiger charge is -2.28. The van der Waals surface area contributed by atoms with E-state index in [9.17, 15) is 5.11 Å². The van der Waals surface area contributed by atoms with Gasteiger partial charge in [0.15, 0.2) is 0 Å². The van der Waals surface area contributed by atoms with E-state index in [1.165, 1.54) is 0 Å². The molecule has 18 heavy (non-hydrogen) atoms. The molecule has 0 bridgehead atoms. The Bertz CT molecular complexity index is 534. The van der Waals surface area contributed by atoms with Crippen molar-refractivity contribution in [2.24, 2.45) is 0 Å². The van der Waals surface area contributed by atoms with Gasteiger partial charge >= 0.3 is 0 Å². The standard InChI is InChI=1S/C14H19N3O/c1-4-17(10-14(2,3)18)13-9-15-11-7-5-6-8-12(11)16-13/h5-9,18H,4,10H2,1-3H3. The largest absolute Gasteiger partial charge is 0.389 e. The van der Waals surface area contributed by atoms with Crippen molar-refractivity contribution in [3.63, 3.8) is 0 Å². The number of benzene rings is 1. The maximum atomic E-state index is 9.90. The number of para-hydroxylation sites is 2. The first-order valence-corrected chi connectivity index (χ1v) is 6.19. The molecule has 0 unspecified atom stereocenters. The van der Waals surface area contributed by atoms with Crippen LogP contribution < -0.4 is 4.90 Å². The number of aliphatic hydroxyl groups is 1. The zero-order chi connectivity index (χ0) is 13.2. The van der Waals surface area contributed by atoms with Crippen molar-refractivity contribution in [1.29, 1.82) is 0 Å². The number of nitrogens with zero attached hydrogens (tertiary/aromatic N) is 3. The molecule has 2 rings (SSSR count). The van der Waals surface area contributed by atoms with Crippen LogP contribution in [-0.2, 0) is 0 Å². The summed E-state index contributed by atoms with van der Waals surface area (Å²) in [6.07, 6.45) is 1.76. The van der Waals surface area contributed by atoms with Crippen LogP contribution in [0.25, 0.3) is 11.0 Å². The highest BCUT2D eigenvalue weighted by molar-refractivity contribution is 5.75. The summed E-state index contributed by atoms with van der Waals surface area (Å²) < 4.78 is 0. The van der Waals surface area contributed by atoms with Crippen LogP contribution in [0.5, 0.6) is 0 Å². The third-order valence-electron chi connectivity index (χ3n) is 2.72. The highest BCUT2D eigenvalue weighted by atomic mass is 16.3. The summed E-state index contributed by atoms with van der Waals surface area (Å²) in [6, 6.07) is 7.79. The van der Waals surface area contributed by atoms with Gasteiger partial charge < -0.3 is 10.0 Å². The smallest absolute Gasteiger partial charge is 0.147 e. The Morgan fingerprint density at radius 2 is 1.89 bits per heavy atom. The fraction of sp³-hybridized carbons (Fsp3) is 0.429. The zero-order valence-corrected chi connectivity index (χ0v) is 11.1. The lowest BCUT2D eigenvalue weighted by molar-refractivity contribution is 0.0874. The first-order valence-electron chi connectivity index (χ1n) is 6.19. The van der Waals surface area contributed by atoms with Gasteiger partial charge in [0.05, 0.1) is 22.8 Å². The molecular weight excluding hydrogens is 226 g/mol. The van der Waals surface area contributed by atoms with E-state index in [0.29, 0.717) is 6.54 Å². The van der Waals surface area contributed by atoms with Crippen LogP contribution in [0.4, 0.5) is 5.82 Å². The van der Waals surface area contributed by atoms with Crippen LogP contribution in [0.15, 0.2) is 30.5 Å². The minimum atomic E-state index is -0.747. The second-order valence-corrected chi connectivity index (χ2v) is 5.04. The SMILES string of the molecule is CCN(CC(C)(C)O)c1cnc2ccccc2n1. The number of hydrogen-bond acceptors (Lipinski definition) is 4. The molecule has 0 spiro atoms. The Kier molecular flexibility index (Phi) is 3.48. The van der Waals surface area contributed by atoms with Gasteiger partial charge in [-0.25, -0.2) is 4.98 Å². The van der Waals surface area contributed by atoms with Gasteiger partial charge in [-0.3, -0.25) is 4.98 Å². The summed E-state index contributed by atoms with van der Waals surface area (Å²) in [5.74, 6) is 0.804. The summed E-state index contributed by atoms with van der Waals surface area (Å²) in [5, 5.41) is 9.90. The Morgan fingerprint density at radius 3 is 2.50 bits per heavy atom. The fourth-order valence-corrected chi connectivity index (χ4v) is 1.92. The number of aromatic nitrogens is 2. The monoisotopic (exact) mass is 245 g/mol. The molecule has 0 fully saturated rings. The molecule has 1 aromatic heterocycles. The Labute approximate surface area is 107 Å². The average Bonchev–Trinajstić information content (AvgIpc) is 2.34. The highest BCUT2D eigenvalue weighted by Gasteiger charge is 2.18. The summed E-state index contributed by atoms with van der Waals surface area (Å²) >= 11 is 0. The van der Waals surface area contributed by atoms with E-state index in [-0.39, 0.29) is 0 Å². The molecule has 4 heteroatoms. The maximum Gasteiger partial charge on any atom is 0.147 e. The van der Waals surface area contributed by atoms with Crippen LogP contribution >= 0.6 is 0 Å². The molecule has 0 radical (unpaired) electrons. The van der Waals surface area contributed by atoms with Gasteiger partial charge in [-0.05, 0) is 32.9 Å². The predicted octanol–water partition coefficient (Wildman–Crippen LogP) is 2.23. The first-order chi connectivity index (χ1) is 8.49. The maximum absolute atomic E-state index is 9.90. The lowest BCUT2D eigenvalue weighted by Crippen LogP contribution is -2.39. The quantitative estimate of drug-likeness (QED) is 0.897. The summed E-state index contributed by atoms with van der Waals surface area (Å²) in [6.45, 7) is 6.96. The number of hydrogen-bond donors (Lipinski definition) is 1. The first kappa shape index (κ1) is 12.8. The van der Waals surface area contributed by atoms with Crippen LogP contribution in [0.3, 0.4) is 0 Å². The van der Waals surface area contributed by atoms with Crippen LogP contribution in [0, 0.1) is 0 Å². The Hall–Kier alpha value is -1.68. The third kappa shape index (κ3) is 2.96. The molecule has 2 aromatic rings. The van der Waals surface area contributed by atoms with E-state index in [2.05, 4.69) is 9.97 Å². The van der Waals surface area contributed by atoms with Crippen LogP contribution in [0.1, 0.15) is 20.8 Å². The van der Waals surface area contributed by atoms with Crippen LogP contribution in [0.2, 0.25) is 0 Å². The molecule has 0 saturated carbocycles. The van der Waals surface area contributed by atoms with Crippen LogP contribution in [-0.4, -0.2) is 33.8 Å². The molecular formula is C14H19N3O. The second kappa shape index (κ2) is 4.90. The van der Waals surface area contributed by atoms with Gasteiger partial charge in [0.25, 0.3) is 0 Å². The van der Waals surface area contributed by atoms with Gasteiger partial charge in [-0.1, -0.05) is 12.1 Å². The summed E-state index contributed by atoms with van der Waals surface area (Å²) in [5.41, 5.74) is 1.02. The van der Waals surface area contributed by atoms with Crippen molar-refractivity contribution in [2.75, 3.05) is 18.0 Å². The molecule has 96 valence electrons. The summed E-state index contributed by atoms with van der Waals surface area (Å²) in [4.78, 5) is 11.0. The van der Waals surface area contributed by atoms with Crippen molar-refractivity contribution in [2.45, 2.75) is 26.4 Å². The van der Waals surface area contributed by atoms with Gasteiger partial charge in [0, 0.05) is 13.1 Å². The number of anilines is 1. The minimum Gasteiger partial charge on any atom is -0.389 e. The third-order valence-corrected chi connectivity index (χ3v) is 2.72. The molecule has 4 nitrogen and oxygen atoms in total. The van der Waals surface area contributed by atoms with Gasteiger partial charge in [-0.2, -0.15) is 0 Å². The minimum absolute atomic E-state index is 0.538. The molecule has 0 atom stereocenters. The predicted molar refractivity (Wildman–Crippen MR) is 73.7 cm³/mol. The van der Waals surface area contributed by atoms with Crippen molar-refractivity contribution < 1.29 is 5.11 Å².